The molecule has 120 valence electrons. The maximum Gasteiger partial charge on any atom is 0.330 e. The number of carbonyl (C=O) groups excluding carboxylic acids is 2. The number of hydrogen-bond acceptors (Lipinski definition) is 4. The Labute approximate surface area is 132 Å². The van der Waals surface area contributed by atoms with Gasteiger partial charge < -0.3 is 4.84 Å². The van der Waals surface area contributed by atoms with Crippen molar-refractivity contribution in [3.8, 4) is 0 Å². The number of nitrogens with zero attached hydrogens (tertiary/aromatic N) is 1. The highest BCUT2D eigenvalue weighted by molar-refractivity contribution is 6.00. The van der Waals surface area contributed by atoms with E-state index in [1.54, 1.807) is 5.06 Å². The first-order valence-electron chi connectivity index (χ1n) is 7.80. The van der Waals surface area contributed by atoms with E-state index in [2.05, 4.69) is 0 Å². The van der Waals surface area contributed by atoms with Gasteiger partial charge in [0.1, 0.15) is 0 Å². The molecular weight excluding hydrogens is 278 g/mol. The molecule has 1 aliphatic heterocycles. The normalized spacial score (nSPS) is 23.1. The number of benzene rings is 1. The summed E-state index contributed by atoms with van der Waals surface area (Å²) < 4.78 is 0. The van der Waals surface area contributed by atoms with Crippen LogP contribution in [0.25, 0.3) is 0 Å². The molecule has 1 aliphatic rings. The zero-order chi connectivity index (χ0) is 16.4. The van der Waals surface area contributed by atoms with Crippen molar-refractivity contribution in [2.24, 2.45) is 10.8 Å². The molecule has 22 heavy (non-hydrogen) atoms. The molecule has 4 heteroatoms. The van der Waals surface area contributed by atoms with Gasteiger partial charge in [-0.15, -0.1) is 5.06 Å². The Bertz CT molecular complexity index is 547. The fourth-order valence-electron chi connectivity index (χ4n) is 2.65. The summed E-state index contributed by atoms with van der Waals surface area (Å²) in [5.74, 6) is -0.145. The summed E-state index contributed by atoms with van der Waals surface area (Å²) in [7, 11) is 0. The fourth-order valence-corrected chi connectivity index (χ4v) is 2.65. The molecular formula is C18H25NO3. The summed E-state index contributed by atoms with van der Waals surface area (Å²) in [5.41, 5.74) is -0.344. The molecule has 0 radical (unpaired) electrons. The van der Waals surface area contributed by atoms with Gasteiger partial charge in [0.25, 0.3) is 0 Å². The molecule has 2 rings (SSSR count). The molecule has 1 heterocycles. The molecule has 1 unspecified atom stereocenters. The molecule has 0 aliphatic carbocycles. The lowest BCUT2D eigenvalue weighted by molar-refractivity contribution is -0.210. The maximum atomic E-state index is 12.8. The first kappa shape index (κ1) is 16.7. The van der Waals surface area contributed by atoms with Gasteiger partial charge in [-0.2, -0.15) is 0 Å². The van der Waals surface area contributed by atoms with Crippen molar-refractivity contribution < 1.29 is 14.4 Å². The Morgan fingerprint density at radius 2 is 1.82 bits per heavy atom. The average Bonchev–Trinajstić information content (AvgIpc) is 2.46. The number of Topliss-reactive ketones (excluding diaryl/α,β-unsaturated/α-hetero) is 1. The number of ketones is 1. The van der Waals surface area contributed by atoms with Crippen molar-refractivity contribution in [3.63, 3.8) is 0 Å². The van der Waals surface area contributed by atoms with E-state index in [1.165, 1.54) is 0 Å². The highest BCUT2D eigenvalue weighted by atomic mass is 16.7. The van der Waals surface area contributed by atoms with Crippen LogP contribution in [0.1, 0.15) is 50.9 Å². The lowest BCUT2D eigenvalue weighted by Crippen LogP contribution is -2.47. The third kappa shape index (κ3) is 3.74. The summed E-state index contributed by atoms with van der Waals surface area (Å²) in [6, 6.07) is 9.33. The van der Waals surface area contributed by atoms with Crippen LogP contribution >= 0.6 is 0 Å². The minimum Gasteiger partial charge on any atom is -0.367 e. The molecule has 1 saturated heterocycles. The molecule has 0 bridgehead atoms. The molecule has 0 spiro atoms. The third-order valence-corrected chi connectivity index (χ3v) is 4.07. The second-order valence-corrected chi connectivity index (χ2v) is 7.35. The van der Waals surface area contributed by atoms with Crippen molar-refractivity contribution >= 4 is 11.8 Å². The van der Waals surface area contributed by atoms with Gasteiger partial charge in [0.2, 0.25) is 0 Å². The van der Waals surface area contributed by atoms with E-state index in [0.29, 0.717) is 18.7 Å². The topological polar surface area (TPSA) is 46.6 Å². The van der Waals surface area contributed by atoms with Gasteiger partial charge in [-0.05, 0) is 33.6 Å². The lowest BCUT2D eigenvalue weighted by Gasteiger charge is -2.38. The number of piperidine rings is 1. The largest absolute Gasteiger partial charge is 0.367 e. The van der Waals surface area contributed by atoms with E-state index < -0.39 is 10.8 Å². The van der Waals surface area contributed by atoms with Crippen molar-refractivity contribution in [2.75, 3.05) is 13.1 Å². The molecule has 1 aromatic carbocycles. The molecule has 4 nitrogen and oxygen atoms in total. The van der Waals surface area contributed by atoms with Crippen LogP contribution in [0.15, 0.2) is 30.3 Å². The van der Waals surface area contributed by atoms with Gasteiger partial charge in [-0.1, -0.05) is 37.3 Å². The minimum absolute atomic E-state index is 0.115. The Hall–Kier alpha value is -1.68. The number of carbonyl (C=O) groups is 2. The van der Waals surface area contributed by atoms with E-state index in [9.17, 15) is 9.59 Å². The van der Waals surface area contributed by atoms with Crippen LogP contribution in [0.5, 0.6) is 0 Å². The number of hydroxylamine groups is 2. The number of hydrogen-bond donors (Lipinski definition) is 0. The van der Waals surface area contributed by atoms with Crippen molar-refractivity contribution in [1.82, 2.24) is 5.06 Å². The Morgan fingerprint density at radius 1 is 1.18 bits per heavy atom. The summed E-state index contributed by atoms with van der Waals surface area (Å²) >= 11 is 0. The van der Waals surface area contributed by atoms with E-state index in [-0.39, 0.29) is 11.8 Å². The summed E-state index contributed by atoms with van der Waals surface area (Å²) in [5, 5.41) is 1.65. The molecule has 1 fully saturated rings. The van der Waals surface area contributed by atoms with Crippen molar-refractivity contribution in [2.45, 2.75) is 40.5 Å². The van der Waals surface area contributed by atoms with Crippen LogP contribution < -0.4 is 0 Å². The van der Waals surface area contributed by atoms with Crippen LogP contribution in [0.3, 0.4) is 0 Å². The first-order valence-corrected chi connectivity index (χ1v) is 7.80. The number of rotatable bonds is 3. The van der Waals surface area contributed by atoms with Gasteiger partial charge in [0.05, 0.1) is 5.41 Å². The van der Waals surface area contributed by atoms with Gasteiger partial charge in [0, 0.05) is 24.1 Å². The van der Waals surface area contributed by atoms with Crippen LogP contribution in [0.2, 0.25) is 0 Å². The molecule has 0 saturated carbocycles. The molecule has 1 aromatic rings. The van der Waals surface area contributed by atoms with Gasteiger partial charge in [0.15, 0.2) is 5.78 Å². The first-order chi connectivity index (χ1) is 10.2. The van der Waals surface area contributed by atoms with E-state index >= 15 is 0 Å². The van der Waals surface area contributed by atoms with Gasteiger partial charge in [-0.25, -0.2) is 4.79 Å². The lowest BCUT2D eigenvalue weighted by atomic mass is 9.76. The second-order valence-electron chi connectivity index (χ2n) is 7.35. The van der Waals surface area contributed by atoms with Gasteiger partial charge >= 0.3 is 5.97 Å². The third-order valence-electron chi connectivity index (χ3n) is 4.07. The predicted molar refractivity (Wildman–Crippen MR) is 85.2 cm³/mol. The van der Waals surface area contributed by atoms with Crippen LogP contribution in [0, 0.1) is 10.8 Å². The molecule has 0 amide bonds. The second kappa shape index (κ2) is 6.21. The fraction of sp³-hybridized carbons (Fsp3) is 0.556. The summed E-state index contributed by atoms with van der Waals surface area (Å²) in [6.07, 6.45) is 1.65. The van der Waals surface area contributed by atoms with Crippen molar-refractivity contribution in [3.05, 3.63) is 35.9 Å². The Balaban J connectivity index is 2.09. The average molecular weight is 303 g/mol. The smallest absolute Gasteiger partial charge is 0.330 e. The standard InChI is InChI=1S/C18H25NO3/c1-17(2,3)16(21)22-19-12-8-11-18(4,13-19)15(20)14-9-6-5-7-10-14/h5-7,9-10H,8,11-13H2,1-4H3. The van der Waals surface area contributed by atoms with Crippen molar-refractivity contribution in [1.29, 1.82) is 0 Å². The quantitative estimate of drug-likeness (QED) is 0.802. The van der Waals surface area contributed by atoms with Gasteiger partial charge in [-0.3, -0.25) is 4.79 Å². The highest BCUT2D eigenvalue weighted by Crippen LogP contribution is 2.33. The SMILES string of the molecule is CC(C)(C)C(=O)ON1CCCC(C)(C(=O)c2ccccc2)C1. The zero-order valence-electron chi connectivity index (χ0n) is 13.9. The van der Waals surface area contributed by atoms with Crippen LogP contribution in [-0.4, -0.2) is 29.9 Å². The van der Waals surface area contributed by atoms with E-state index in [4.69, 9.17) is 4.84 Å². The predicted octanol–water partition coefficient (Wildman–Crippen LogP) is 3.48. The highest BCUT2D eigenvalue weighted by Gasteiger charge is 2.40. The summed E-state index contributed by atoms with van der Waals surface area (Å²) in [6.45, 7) is 8.57. The molecule has 0 N–H and O–H groups in total. The maximum absolute atomic E-state index is 12.8. The monoisotopic (exact) mass is 303 g/mol. The molecule has 1 atom stereocenters. The van der Waals surface area contributed by atoms with E-state index in [0.717, 1.165) is 12.8 Å². The van der Waals surface area contributed by atoms with Crippen LogP contribution in [0.4, 0.5) is 0 Å². The van der Waals surface area contributed by atoms with Crippen LogP contribution in [-0.2, 0) is 9.63 Å². The molecule has 0 aromatic heterocycles. The Kier molecular flexibility index (Phi) is 4.71. The zero-order valence-corrected chi connectivity index (χ0v) is 13.9. The summed E-state index contributed by atoms with van der Waals surface area (Å²) in [4.78, 5) is 30.3. The Morgan fingerprint density at radius 3 is 2.41 bits per heavy atom. The van der Waals surface area contributed by atoms with E-state index in [1.807, 2.05) is 58.0 Å². The minimum atomic E-state index is -0.544.